The molecule has 0 spiro atoms. The third-order valence-electron chi connectivity index (χ3n) is 0.787. The van der Waals surface area contributed by atoms with Crippen molar-refractivity contribution < 1.29 is 61.3 Å². The Balaban J connectivity index is 0. The first kappa shape index (κ1) is 11.8. The molecule has 3 nitrogen and oxygen atoms in total. The summed E-state index contributed by atoms with van der Waals surface area (Å²) in [7, 11) is 1.57. The van der Waals surface area contributed by atoms with Gasteiger partial charge < -0.3 is 15.2 Å². The Hall–Kier alpha value is 1.07. The molecule has 4 heteroatoms. The van der Waals surface area contributed by atoms with E-state index in [1.807, 2.05) is 0 Å². The molecule has 0 radical (unpaired) electrons. The molecule has 0 saturated carbocycles. The fourth-order valence-corrected chi connectivity index (χ4v) is 0.118. The summed E-state index contributed by atoms with van der Waals surface area (Å²) in [5, 5.41) is 12.3. The van der Waals surface area contributed by atoms with Crippen LogP contribution >= 0.6 is 0 Å². The minimum Gasteiger partial charge on any atom is -0.548 e. The Bertz CT molecular complexity index is 76.4. The van der Waals surface area contributed by atoms with Crippen molar-refractivity contribution in [2.24, 2.45) is 0 Å². The molecule has 0 bridgehead atoms. The van der Waals surface area contributed by atoms with Gasteiger partial charge in [0.1, 0.15) is 0 Å². The summed E-state index contributed by atoms with van der Waals surface area (Å²) < 4.78 is 0. The Morgan fingerprint density at radius 2 is 2.12 bits per heavy atom. The maximum atomic E-state index is 9.76. The zero-order chi connectivity index (χ0) is 5.86. The molecule has 0 amide bonds. The largest absolute Gasteiger partial charge is 1.00 e. The molecule has 0 rings (SSSR count). The summed E-state index contributed by atoms with van der Waals surface area (Å²) in [6.07, 6.45) is 0. The second-order valence-corrected chi connectivity index (χ2v) is 1.33. The van der Waals surface area contributed by atoms with E-state index in [-0.39, 0.29) is 51.4 Å². The third kappa shape index (κ3) is 5.21. The smallest absolute Gasteiger partial charge is 0.548 e. The van der Waals surface area contributed by atoms with Crippen molar-refractivity contribution in [3.05, 3.63) is 0 Å². The van der Waals surface area contributed by atoms with E-state index < -0.39 is 12.0 Å². The Morgan fingerprint density at radius 1 is 1.75 bits per heavy atom. The summed E-state index contributed by atoms with van der Waals surface area (Å²) in [5.41, 5.74) is 0. The number of nitrogens with one attached hydrogen (secondary N) is 1. The molecule has 1 atom stereocenters. The third-order valence-corrected chi connectivity index (χ3v) is 0.787. The molecular formula is C4H8KNO2. The molecule has 0 unspecified atom stereocenters. The molecule has 0 aromatic heterocycles. The standard InChI is InChI=1S/C4H9NO2.K/c1-3(5-2)4(6)7;/h3,5H,1-2H3,(H,6,7);/q;+1/p-1/t3-;/m0./s1. The normalized spacial score (nSPS) is 11.8. The molecule has 42 valence electrons. The molecule has 1 N–H and O–H groups in total. The van der Waals surface area contributed by atoms with Crippen LogP contribution in [0.15, 0.2) is 0 Å². The SMILES string of the molecule is CN[C@@H](C)C(=O)[O-].[K+]. The summed E-state index contributed by atoms with van der Waals surface area (Å²) >= 11 is 0. The van der Waals surface area contributed by atoms with Crippen LogP contribution in [0.2, 0.25) is 0 Å². The number of carboxylic acid groups (broad SMARTS) is 1. The van der Waals surface area contributed by atoms with Gasteiger partial charge in [0, 0.05) is 6.04 Å². The molecule has 0 aliphatic carbocycles. The molecule has 0 aromatic carbocycles. The Labute approximate surface area is 91.3 Å². The van der Waals surface area contributed by atoms with Gasteiger partial charge in [0.2, 0.25) is 0 Å². The van der Waals surface area contributed by atoms with E-state index in [9.17, 15) is 9.90 Å². The van der Waals surface area contributed by atoms with Crippen LogP contribution in [0.3, 0.4) is 0 Å². The number of rotatable bonds is 2. The van der Waals surface area contributed by atoms with Crippen molar-refractivity contribution in [3.8, 4) is 0 Å². The fraction of sp³-hybridized carbons (Fsp3) is 0.750. The van der Waals surface area contributed by atoms with Gasteiger partial charge in [0.25, 0.3) is 0 Å². The second kappa shape index (κ2) is 6.19. The molecular weight excluding hydrogens is 133 g/mol. The predicted octanol–water partition coefficient (Wildman–Crippen LogP) is -4.65. The van der Waals surface area contributed by atoms with Gasteiger partial charge in [-0.25, -0.2) is 0 Å². The van der Waals surface area contributed by atoms with E-state index in [1.165, 1.54) is 6.92 Å². The first-order chi connectivity index (χ1) is 3.18. The van der Waals surface area contributed by atoms with Crippen LogP contribution in [0.4, 0.5) is 0 Å². The van der Waals surface area contributed by atoms with Crippen LogP contribution in [-0.4, -0.2) is 19.1 Å². The van der Waals surface area contributed by atoms with E-state index in [2.05, 4.69) is 5.32 Å². The van der Waals surface area contributed by atoms with Crippen molar-refractivity contribution in [2.75, 3.05) is 7.05 Å². The second-order valence-electron chi connectivity index (χ2n) is 1.33. The fourth-order valence-electron chi connectivity index (χ4n) is 0.118. The summed E-state index contributed by atoms with van der Waals surface area (Å²) in [6.45, 7) is 1.52. The van der Waals surface area contributed by atoms with Crippen LogP contribution in [0.1, 0.15) is 6.92 Å². The number of carbonyl (C=O) groups excluding carboxylic acids is 1. The molecule has 8 heavy (non-hydrogen) atoms. The summed E-state index contributed by atoms with van der Waals surface area (Å²) in [4.78, 5) is 9.76. The van der Waals surface area contributed by atoms with E-state index >= 15 is 0 Å². The first-order valence-corrected chi connectivity index (χ1v) is 2.06. The zero-order valence-corrected chi connectivity index (χ0v) is 8.52. The van der Waals surface area contributed by atoms with Gasteiger partial charge >= 0.3 is 51.4 Å². The summed E-state index contributed by atoms with van der Waals surface area (Å²) in [6, 6.07) is -0.542. The van der Waals surface area contributed by atoms with E-state index in [0.29, 0.717) is 0 Å². The minimum absolute atomic E-state index is 0. The molecule has 0 heterocycles. The van der Waals surface area contributed by atoms with E-state index in [0.717, 1.165) is 0 Å². The molecule has 0 aliphatic heterocycles. The maximum Gasteiger partial charge on any atom is 1.00 e. The van der Waals surface area contributed by atoms with Crippen molar-refractivity contribution in [1.29, 1.82) is 0 Å². The van der Waals surface area contributed by atoms with E-state index in [4.69, 9.17) is 0 Å². The van der Waals surface area contributed by atoms with Crippen LogP contribution in [0.25, 0.3) is 0 Å². The Morgan fingerprint density at radius 3 is 2.12 bits per heavy atom. The zero-order valence-electron chi connectivity index (χ0n) is 5.39. The van der Waals surface area contributed by atoms with Crippen molar-refractivity contribution >= 4 is 5.97 Å². The topological polar surface area (TPSA) is 52.2 Å². The minimum atomic E-state index is -1.07. The van der Waals surface area contributed by atoms with Crippen molar-refractivity contribution in [1.82, 2.24) is 5.32 Å². The summed E-state index contributed by atoms with van der Waals surface area (Å²) in [5.74, 6) is -1.07. The van der Waals surface area contributed by atoms with Crippen LogP contribution < -0.4 is 61.8 Å². The molecule has 0 aromatic rings. The molecule has 0 aliphatic rings. The first-order valence-electron chi connectivity index (χ1n) is 2.06. The van der Waals surface area contributed by atoms with Gasteiger partial charge in [-0.15, -0.1) is 0 Å². The van der Waals surface area contributed by atoms with Crippen molar-refractivity contribution in [2.45, 2.75) is 13.0 Å². The number of carbonyl (C=O) groups is 1. The van der Waals surface area contributed by atoms with Gasteiger partial charge in [-0.1, -0.05) is 0 Å². The van der Waals surface area contributed by atoms with Crippen LogP contribution in [0.5, 0.6) is 0 Å². The van der Waals surface area contributed by atoms with Crippen molar-refractivity contribution in [3.63, 3.8) is 0 Å². The van der Waals surface area contributed by atoms with Gasteiger partial charge in [-0.3, -0.25) is 0 Å². The molecule has 0 fully saturated rings. The molecule has 0 saturated heterocycles. The van der Waals surface area contributed by atoms with Crippen LogP contribution in [0, 0.1) is 0 Å². The predicted molar refractivity (Wildman–Crippen MR) is 23.5 cm³/mol. The van der Waals surface area contributed by atoms with Gasteiger partial charge in [0.15, 0.2) is 0 Å². The quantitative estimate of drug-likeness (QED) is 0.393. The number of hydrogen-bond donors (Lipinski definition) is 1. The van der Waals surface area contributed by atoms with E-state index in [1.54, 1.807) is 7.05 Å². The average Bonchev–Trinajstić information content (AvgIpc) is 1.65. The number of aliphatic carboxylic acids is 1. The monoisotopic (exact) mass is 141 g/mol. The van der Waals surface area contributed by atoms with Gasteiger partial charge in [-0.2, -0.15) is 0 Å². The average molecular weight is 141 g/mol. The van der Waals surface area contributed by atoms with Gasteiger partial charge in [0.05, 0.1) is 5.97 Å². The number of likely N-dealkylation sites (N-methyl/N-ethyl adjacent to an activating group) is 1. The number of carboxylic acids is 1. The maximum absolute atomic E-state index is 9.76. The number of hydrogen-bond acceptors (Lipinski definition) is 3. The van der Waals surface area contributed by atoms with Gasteiger partial charge in [-0.05, 0) is 14.0 Å². The Kier molecular flexibility index (Phi) is 9.14. The van der Waals surface area contributed by atoms with Crippen LogP contribution in [-0.2, 0) is 4.79 Å².